The van der Waals surface area contributed by atoms with Crippen LogP contribution in [-0.2, 0) is 6.18 Å². The third-order valence-electron chi connectivity index (χ3n) is 2.69. The van der Waals surface area contributed by atoms with Crippen LogP contribution in [0.3, 0.4) is 0 Å². The van der Waals surface area contributed by atoms with Crippen LogP contribution in [0.4, 0.5) is 34.6 Å². The first-order valence-corrected chi connectivity index (χ1v) is 6.14. The Hall–Kier alpha value is -2.35. The van der Waals surface area contributed by atoms with Crippen LogP contribution < -0.4 is 5.32 Å². The zero-order valence-corrected chi connectivity index (χ0v) is 11.4. The van der Waals surface area contributed by atoms with Crippen molar-refractivity contribution >= 4 is 28.7 Å². The van der Waals surface area contributed by atoms with E-state index in [0.717, 1.165) is 12.1 Å². The van der Waals surface area contributed by atoms with Gasteiger partial charge in [-0.05, 0) is 24.3 Å². The molecule has 0 spiro atoms. The molecule has 22 heavy (non-hydrogen) atoms. The maximum absolute atomic E-state index is 13.1. The number of anilines is 2. The van der Waals surface area contributed by atoms with E-state index in [1.54, 1.807) is 0 Å². The molecule has 0 aromatic heterocycles. The van der Waals surface area contributed by atoms with Gasteiger partial charge in [0.2, 0.25) is 0 Å². The van der Waals surface area contributed by atoms with Gasteiger partial charge in [-0.3, -0.25) is 10.1 Å². The normalized spacial score (nSPS) is 11.3. The van der Waals surface area contributed by atoms with E-state index >= 15 is 0 Å². The number of nitrogens with one attached hydrogen (secondary N) is 1. The molecule has 0 aliphatic rings. The molecule has 0 heterocycles. The van der Waals surface area contributed by atoms with Crippen molar-refractivity contribution in [2.75, 3.05) is 5.32 Å². The Kier molecular flexibility index (Phi) is 4.23. The molecule has 0 atom stereocenters. The zero-order chi connectivity index (χ0) is 16.5. The fraction of sp³-hybridized carbons (Fsp3) is 0.0769. The van der Waals surface area contributed by atoms with Gasteiger partial charge >= 0.3 is 6.18 Å². The van der Waals surface area contributed by atoms with E-state index in [0.29, 0.717) is 12.1 Å². The minimum Gasteiger partial charge on any atom is -0.349 e. The molecular weight excluding hydrogens is 328 g/mol. The van der Waals surface area contributed by atoms with Gasteiger partial charge in [0.05, 0.1) is 15.5 Å². The van der Waals surface area contributed by atoms with E-state index in [1.165, 1.54) is 12.1 Å². The van der Waals surface area contributed by atoms with Crippen LogP contribution in [-0.4, -0.2) is 4.92 Å². The van der Waals surface area contributed by atoms with Crippen LogP contribution in [0.15, 0.2) is 36.4 Å². The van der Waals surface area contributed by atoms with Gasteiger partial charge in [-0.2, -0.15) is 13.2 Å². The van der Waals surface area contributed by atoms with Crippen molar-refractivity contribution in [2.45, 2.75) is 6.18 Å². The van der Waals surface area contributed by atoms with E-state index in [-0.39, 0.29) is 11.4 Å². The quantitative estimate of drug-likeness (QED) is 0.480. The fourth-order valence-electron chi connectivity index (χ4n) is 1.73. The second-order valence-corrected chi connectivity index (χ2v) is 4.65. The largest absolute Gasteiger partial charge is 0.416 e. The summed E-state index contributed by atoms with van der Waals surface area (Å²) in [5.74, 6) is -0.615. The highest BCUT2D eigenvalue weighted by atomic mass is 35.5. The summed E-state index contributed by atoms with van der Waals surface area (Å²) in [6.07, 6.45) is -4.77. The molecule has 2 aromatic rings. The first-order chi connectivity index (χ1) is 10.2. The van der Waals surface area contributed by atoms with Crippen molar-refractivity contribution in [3.8, 4) is 0 Å². The monoisotopic (exact) mass is 334 g/mol. The van der Waals surface area contributed by atoms with Crippen molar-refractivity contribution in [3.63, 3.8) is 0 Å². The lowest BCUT2D eigenvalue weighted by molar-refractivity contribution is -0.384. The highest BCUT2D eigenvalue weighted by molar-refractivity contribution is 6.34. The number of benzene rings is 2. The fourth-order valence-corrected chi connectivity index (χ4v) is 2.00. The van der Waals surface area contributed by atoms with E-state index in [2.05, 4.69) is 5.32 Å². The molecule has 0 aliphatic carbocycles. The summed E-state index contributed by atoms with van der Waals surface area (Å²) in [5, 5.41) is 12.9. The lowest BCUT2D eigenvalue weighted by Gasteiger charge is -2.12. The predicted molar refractivity (Wildman–Crippen MR) is 72.8 cm³/mol. The summed E-state index contributed by atoms with van der Waals surface area (Å²) in [5.41, 5.74) is -2.33. The summed E-state index contributed by atoms with van der Waals surface area (Å²) in [6.45, 7) is 0. The summed E-state index contributed by atoms with van der Waals surface area (Å²) >= 11 is 5.71. The molecule has 0 fully saturated rings. The SMILES string of the molecule is O=[N+]([O-])c1cc(C(F)(F)F)cc(Cl)c1Nc1cccc(F)c1. The van der Waals surface area contributed by atoms with Crippen LogP contribution in [0.25, 0.3) is 0 Å². The van der Waals surface area contributed by atoms with Gasteiger partial charge in [0.15, 0.2) is 0 Å². The molecule has 0 saturated heterocycles. The molecule has 4 nitrogen and oxygen atoms in total. The lowest BCUT2D eigenvalue weighted by Crippen LogP contribution is -2.07. The van der Waals surface area contributed by atoms with E-state index in [1.807, 2.05) is 0 Å². The van der Waals surface area contributed by atoms with E-state index < -0.39 is 33.2 Å². The van der Waals surface area contributed by atoms with Crippen molar-refractivity contribution < 1.29 is 22.5 Å². The van der Waals surface area contributed by atoms with Gasteiger partial charge in [0, 0.05) is 11.8 Å². The lowest BCUT2D eigenvalue weighted by atomic mass is 10.1. The van der Waals surface area contributed by atoms with Gasteiger partial charge in [0.1, 0.15) is 11.5 Å². The third kappa shape index (κ3) is 3.45. The standard InChI is InChI=1S/C13H7ClF4N2O2/c14-10-4-7(13(16,17)18)5-11(20(21)22)12(10)19-9-3-1-2-8(15)6-9/h1-6,19H. The van der Waals surface area contributed by atoms with Crippen molar-refractivity contribution in [3.05, 3.63) is 62.9 Å². The minimum atomic E-state index is -4.77. The molecule has 0 aliphatic heterocycles. The molecule has 0 bridgehead atoms. The number of rotatable bonds is 3. The third-order valence-corrected chi connectivity index (χ3v) is 2.99. The number of nitro benzene ring substituents is 1. The number of nitro groups is 1. The van der Waals surface area contributed by atoms with Gasteiger partial charge in [-0.25, -0.2) is 4.39 Å². The number of alkyl halides is 3. The average molecular weight is 335 g/mol. The van der Waals surface area contributed by atoms with Crippen molar-refractivity contribution in [1.29, 1.82) is 0 Å². The molecule has 0 radical (unpaired) electrons. The molecule has 9 heteroatoms. The highest BCUT2D eigenvalue weighted by Gasteiger charge is 2.34. The Bertz CT molecular complexity index is 734. The summed E-state index contributed by atoms with van der Waals surface area (Å²) in [7, 11) is 0. The first kappa shape index (κ1) is 16.0. The zero-order valence-electron chi connectivity index (χ0n) is 10.6. The molecule has 0 saturated carbocycles. The molecule has 0 amide bonds. The summed E-state index contributed by atoms with van der Waals surface area (Å²) < 4.78 is 51.1. The Morgan fingerprint density at radius 2 is 1.86 bits per heavy atom. The van der Waals surface area contributed by atoms with Gasteiger partial charge in [-0.1, -0.05) is 17.7 Å². The highest BCUT2D eigenvalue weighted by Crippen LogP contribution is 2.40. The second kappa shape index (κ2) is 5.80. The minimum absolute atomic E-state index is 0.116. The Morgan fingerprint density at radius 1 is 1.18 bits per heavy atom. The Balaban J connectivity index is 2.53. The first-order valence-electron chi connectivity index (χ1n) is 5.76. The average Bonchev–Trinajstić information content (AvgIpc) is 2.39. The van der Waals surface area contributed by atoms with Crippen LogP contribution in [0.5, 0.6) is 0 Å². The second-order valence-electron chi connectivity index (χ2n) is 4.24. The maximum atomic E-state index is 13.1. The smallest absolute Gasteiger partial charge is 0.349 e. The summed E-state index contributed by atoms with van der Waals surface area (Å²) in [4.78, 5) is 9.98. The van der Waals surface area contributed by atoms with Gasteiger partial charge < -0.3 is 5.32 Å². The Morgan fingerprint density at radius 3 is 2.41 bits per heavy atom. The van der Waals surface area contributed by atoms with Crippen LogP contribution in [0, 0.1) is 15.9 Å². The van der Waals surface area contributed by atoms with Crippen molar-refractivity contribution in [2.24, 2.45) is 0 Å². The van der Waals surface area contributed by atoms with Crippen molar-refractivity contribution in [1.82, 2.24) is 0 Å². The summed E-state index contributed by atoms with van der Waals surface area (Å²) in [6, 6.07) is 5.83. The topological polar surface area (TPSA) is 55.2 Å². The van der Waals surface area contributed by atoms with E-state index in [4.69, 9.17) is 11.6 Å². The van der Waals surface area contributed by atoms with Gasteiger partial charge in [-0.15, -0.1) is 0 Å². The van der Waals surface area contributed by atoms with Gasteiger partial charge in [0.25, 0.3) is 5.69 Å². The molecule has 2 aromatic carbocycles. The molecule has 0 unspecified atom stereocenters. The van der Waals surface area contributed by atoms with Crippen LogP contribution in [0.1, 0.15) is 5.56 Å². The van der Waals surface area contributed by atoms with E-state index in [9.17, 15) is 27.7 Å². The molecule has 116 valence electrons. The maximum Gasteiger partial charge on any atom is 0.416 e. The predicted octanol–water partition coefficient (Wildman–Crippen LogP) is 5.15. The number of halogens is 5. The molecular formula is C13H7ClF4N2O2. The molecule has 2 rings (SSSR count). The molecule has 1 N–H and O–H groups in total. The van der Waals surface area contributed by atoms with Crippen LogP contribution in [0.2, 0.25) is 5.02 Å². The Labute approximate surface area is 126 Å². The number of hydrogen-bond donors (Lipinski definition) is 1. The van der Waals surface area contributed by atoms with Crippen LogP contribution >= 0.6 is 11.6 Å². The number of nitrogens with zero attached hydrogens (tertiary/aromatic N) is 1. The number of hydrogen-bond acceptors (Lipinski definition) is 3.